The SMILES string of the molecule is Cc1c(-c2nc3cc(CN4CCC(C(O)=C5CCC5)C4)cc(C#N)c3o2)cccc1-c1cccc(NC(=O)c2nc3c(n2C)CCN(C)C3)c1F. The molecule has 1 saturated carbocycles. The highest BCUT2D eigenvalue weighted by atomic mass is 19.1. The molecule has 1 unspecified atom stereocenters. The van der Waals surface area contributed by atoms with E-state index in [1.165, 1.54) is 5.57 Å². The number of hydrogen-bond acceptors (Lipinski definition) is 8. The number of likely N-dealkylation sites (tertiary alicyclic amines) is 1. The van der Waals surface area contributed by atoms with Crippen molar-refractivity contribution in [2.75, 3.05) is 32.0 Å². The fourth-order valence-electron chi connectivity index (χ4n) is 7.77. The number of carbonyl (C=O) groups excluding carboxylic acids is 1. The van der Waals surface area contributed by atoms with Crippen LogP contribution in [-0.2, 0) is 26.6 Å². The summed E-state index contributed by atoms with van der Waals surface area (Å²) < 4.78 is 24.2. The number of nitrogens with one attached hydrogen (secondary N) is 1. The van der Waals surface area contributed by atoms with Gasteiger partial charge in [-0.05, 0) is 92.7 Å². The van der Waals surface area contributed by atoms with Crippen molar-refractivity contribution >= 4 is 22.7 Å². The summed E-state index contributed by atoms with van der Waals surface area (Å²) in [7, 11) is 3.84. The highest BCUT2D eigenvalue weighted by Crippen LogP contribution is 2.38. The van der Waals surface area contributed by atoms with Gasteiger partial charge in [0.2, 0.25) is 5.89 Å². The van der Waals surface area contributed by atoms with Gasteiger partial charge in [0.05, 0.1) is 22.7 Å². The van der Waals surface area contributed by atoms with E-state index in [0.717, 1.165) is 74.3 Å². The molecular formula is C40H40FN7O3. The van der Waals surface area contributed by atoms with Crippen LogP contribution in [0.1, 0.15) is 64.4 Å². The highest BCUT2D eigenvalue weighted by molar-refractivity contribution is 6.02. The fraction of sp³-hybridized carbons (Fsp3) is 0.350. The van der Waals surface area contributed by atoms with Gasteiger partial charge >= 0.3 is 0 Å². The van der Waals surface area contributed by atoms with Crippen LogP contribution in [-0.4, -0.2) is 62.0 Å². The van der Waals surface area contributed by atoms with Gasteiger partial charge in [-0.2, -0.15) is 5.26 Å². The Morgan fingerprint density at radius 2 is 1.86 bits per heavy atom. The maximum absolute atomic E-state index is 16.2. The van der Waals surface area contributed by atoms with Crippen molar-refractivity contribution in [3.8, 4) is 28.7 Å². The van der Waals surface area contributed by atoms with E-state index in [-0.39, 0.29) is 17.4 Å². The Bertz CT molecular complexity index is 2270. The number of anilines is 1. The number of likely N-dealkylation sites (N-methyl/N-ethyl adjacent to an activating group) is 1. The Morgan fingerprint density at radius 1 is 1.08 bits per heavy atom. The minimum Gasteiger partial charge on any atom is -0.512 e. The number of rotatable bonds is 7. The molecule has 2 N–H and O–H groups in total. The first-order valence-electron chi connectivity index (χ1n) is 17.6. The Kier molecular flexibility index (Phi) is 8.44. The summed E-state index contributed by atoms with van der Waals surface area (Å²) in [5.74, 6) is 0.320. The van der Waals surface area contributed by atoms with Crippen LogP contribution < -0.4 is 5.32 Å². The molecule has 0 bridgehead atoms. The van der Waals surface area contributed by atoms with Crippen LogP contribution in [0.25, 0.3) is 33.7 Å². The van der Waals surface area contributed by atoms with Gasteiger partial charge in [-0.1, -0.05) is 24.3 Å². The van der Waals surface area contributed by atoms with Crippen LogP contribution in [0.4, 0.5) is 10.1 Å². The number of imidazole rings is 1. The molecule has 1 amide bonds. The van der Waals surface area contributed by atoms with Crippen molar-refractivity contribution in [2.24, 2.45) is 13.0 Å². The first-order chi connectivity index (χ1) is 24.7. The highest BCUT2D eigenvalue weighted by Gasteiger charge is 2.30. The van der Waals surface area contributed by atoms with E-state index in [2.05, 4.69) is 26.2 Å². The Balaban J connectivity index is 1.05. The van der Waals surface area contributed by atoms with Crippen LogP contribution in [0.3, 0.4) is 0 Å². The number of aromatic nitrogens is 3. The second-order valence-corrected chi connectivity index (χ2v) is 14.2. The predicted molar refractivity (Wildman–Crippen MR) is 192 cm³/mol. The molecule has 0 radical (unpaired) electrons. The molecule has 11 heteroatoms. The quantitative estimate of drug-likeness (QED) is 0.172. The molecular weight excluding hydrogens is 645 g/mol. The molecule has 260 valence electrons. The lowest BCUT2D eigenvalue weighted by molar-refractivity contribution is 0.101. The van der Waals surface area contributed by atoms with Crippen molar-refractivity contribution in [1.82, 2.24) is 24.3 Å². The molecule has 51 heavy (non-hydrogen) atoms. The number of benzene rings is 3. The molecule has 3 aromatic carbocycles. The van der Waals surface area contributed by atoms with Crippen molar-refractivity contribution < 1.29 is 18.7 Å². The standard InChI is InChI=1S/C40H40FN7O3/c1-23-28(30-11-6-12-31(35(30)41)44-39(50)38-43-33-22-46(2)15-14-34(33)47(38)3)9-5-10-29(23)40-45-32-18-24(17-27(19-42)37(32)51-40)20-48-16-13-26(21-48)36(49)25-7-4-8-25/h5-6,9-12,17-18,26,49H,4,7-8,13-16,20-22H2,1-3H3,(H,44,50). The maximum Gasteiger partial charge on any atom is 0.291 e. The maximum atomic E-state index is 16.2. The normalized spacial score (nSPS) is 17.7. The summed E-state index contributed by atoms with van der Waals surface area (Å²) in [6.07, 6.45) is 4.89. The third-order valence-corrected chi connectivity index (χ3v) is 10.8. The second kappa shape index (κ2) is 13.1. The lowest BCUT2D eigenvalue weighted by atomic mass is 9.87. The largest absolute Gasteiger partial charge is 0.512 e. The van der Waals surface area contributed by atoms with Crippen LogP contribution in [0.2, 0.25) is 0 Å². The van der Waals surface area contributed by atoms with E-state index >= 15 is 4.39 Å². The third kappa shape index (κ3) is 5.98. The molecule has 2 aromatic heterocycles. The third-order valence-electron chi connectivity index (χ3n) is 10.8. The van der Waals surface area contributed by atoms with Gasteiger partial charge in [0, 0.05) is 62.4 Å². The summed E-state index contributed by atoms with van der Waals surface area (Å²) in [6, 6.07) is 16.6. The van der Waals surface area contributed by atoms with Crippen LogP contribution in [0.5, 0.6) is 0 Å². The summed E-state index contributed by atoms with van der Waals surface area (Å²) in [5.41, 5.74) is 7.89. The zero-order valence-electron chi connectivity index (χ0n) is 29.1. The molecule has 10 nitrogen and oxygen atoms in total. The average Bonchev–Trinajstić information content (AvgIpc) is 3.82. The Morgan fingerprint density at radius 3 is 2.65 bits per heavy atom. The number of nitriles is 1. The topological polar surface area (TPSA) is 123 Å². The van der Waals surface area contributed by atoms with Gasteiger partial charge < -0.3 is 24.3 Å². The van der Waals surface area contributed by atoms with Gasteiger partial charge in [-0.15, -0.1) is 0 Å². The minimum atomic E-state index is -0.555. The molecule has 2 aliphatic heterocycles. The summed E-state index contributed by atoms with van der Waals surface area (Å²) >= 11 is 0. The van der Waals surface area contributed by atoms with Crippen molar-refractivity contribution in [3.05, 3.63) is 99.6 Å². The molecule has 2 fully saturated rings. The smallest absolute Gasteiger partial charge is 0.291 e. The number of hydrogen-bond donors (Lipinski definition) is 2. The molecule has 1 saturated heterocycles. The van der Waals surface area contributed by atoms with Gasteiger partial charge in [0.15, 0.2) is 17.2 Å². The van der Waals surface area contributed by atoms with Crippen molar-refractivity contribution in [3.63, 3.8) is 0 Å². The first kappa shape index (κ1) is 32.9. The summed E-state index contributed by atoms with van der Waals surface area (Å²) in [4.78, 5) is 27.2. The van der Waals surface area contributed by atoms with Crippen LogP contribution in [0, 0.1) is 30.0 Å². The van der Waals surface area contributed by atoms with E-state index in [1.54, 1.807) is 22.8 Å². The summed E-state index contributed by atoms with van der Waals surface area (Å²) in [5, 5.41) is 23.5. The molecule has 0 spiro atoms. The number of aliphatic hydroxyl groups excluding tert-OH is 1. The molecule has 5 aromatic rings. The molecule has 8 rings (SSSR count). The number of fused-ring (bicyclic) bond motifs is 2. The van der Waals surface area contributed by atoms with Crippen LogP contribution in [0.15, 0.2) is 64.3 Å². The van der Waals surface area contributed by atoms with E-state index in [9.17, 15) is 15.2 Å². The lowest BCUT2D eigenvalue weighted by Gasteiger charge is -2.22. The second-order valence-electron chi connectivity index (χ2n) is 14.2. The first-order valence-corrected chi connectivity index (χ1v) is 17.6. The molecule has 4 heterocycles. The Hall–Kier alpha value is -5.31. The van der Waals surface area contributed by atoms with Gasteiger partial charge in [0.25, 0.3) is 5.91 Å². The fourth-order valence-corrected chi connectivity index (χ4v) is 7.77. The number of amides is 1. The zero-order chi connectivity index (χ0) is 35.4. The number of allylic oxidation sites excluding steroid dienone is 1. The van der Waals surface area contributed by atoms with Crippen molar-refractivity contribution in [2.45, 2.75) is 52.1 Å². The number of nitrogens with zero attached hydrogens (tertiary/aromatic N) is 6. The van der Waals surface area contributed by atoms with E-state index in [0.29, 0.717) is 58.1 Å². The monoisotopic (exact) mass is 685 g/mol. The molecule has 1 aliphatic carbocycles. The lowest BCUT2D eigenvalue weighted by Crippen LogP contribution is -2.27. The summed E-state index contributed by atoms with van der Waals surface area (Å²) in [6.45, 7) is 5.74. The van der Waals surface area contributed by atoms with Gasteiger partial charge in [-0.25, -0.2) is 14.4 Å². The van der Waals surface area contributed by atoms with Crippen LogP contribution >= 0.6 is 0 Å². The van der Waals surface area contributed by atoms with E-state index in [1.807, 2.05) is 51.4 Å². The van der Waals surface area contributed by atoms with Gasteiger partial charge in [-0.3, -0.25) is 9.69 Å². The minimum absolute atomic E-state index is 0.0627. The number of halogens is 1. The van der Waals surface area contributed by atoms with E-state index < -0.39 is 11.7 Å². The number of oxazole rings is 1. The predicted octanol–water partition coefficient (Wildman–Crippen LogP) is 7.27. The average molecular weight is 686 g/mol. The van der Waals surface area contributed by atoms with Gasteiger partial charge in [0.1, 0.15) is 11.6 Å². The molecule has 3 aliphatic rings. The molecule has 1 atom stereocenters. The van der Waals surface area contributed by atoms with Crippen molar-refractivity contribution in [1.29, 1.82) is 5.26 Å². The zero-order valence-corrected chi connectivity index (χ0v) is 29.1. The van der Waals surface area contributed by atoms with E-state index in [4.69, 9.17) is 9.40 Å². The number of carbonyl (C=O) groups is 1. The number of aliphatic hydroxyl groups is 1. The Labute approximate surface area is 295 Å².